The minimum absolute atomic E-state index is 0.196. The zero-order valence-electron chi connectivity index (χ0n) is 12.1. The fourth-order valence-electron chi connectivity index (χ4n) is 2.61. The Kier molecular flexibility index (Phi) is 4.28. The molecule has 0 amide bonds. The van der Waals surface area contributed by atoms with Crippen molar-refractivity contribution in [3.63, 3.8) is 0 Å². The van der Waals surface area contributed by atoms with E-state index in [9.17, 15) is 10.0 Å². The van der Waals surface area contributed by atoms with E-state index >= 15 is 0 Å². The fraction of sp³-hybridized carbons (Fsp3) is 0.923. The minimum Gasteiger partial charge on any atom is -0.432 e. The molecule has 0 aliphatic carbocycles. The summed E-state index contributed by atoms with van der Waals surface area (Å²) in [6.45, 7) is 11.0. The van der Waals surface area contributed by atoms with Crippen molar-refractivity contribution < 1.29 is 19.5 Å². The van der Waals surface area contributed by atoms with Crippen LogP contribution in [0.25, 0.3) is 0 Å². The van der Waals surface area contributed by atoms with Gasteiger partial charge in [-0.2, -0.15) is 0 Å². The number of rotatable bonds is 2. The maximum Gasteiger partial charge on any atom is 0.508 e. The van der Waals surface area contributed by atoms with Gasteiger partial charge in [-0.1, -0.05) is 0 Å². The first-order valence-electron chi connectivity index (χ1n) is 6.39. The molecule has 18 heavy (non-hydrogen) atoms. The van der Waals surface area contributed by atoms with Crippen LogP contribution >= 0.6 is 0 Å². The smallest absolute Gasteiger partial charge is 0.432 e. The first-order chi connectivity index (χ1) is 8.04. The van der Waals surface area contributed by atoms with E-state index in [4.69, 9.17) is 9.47 Å². The summed E-state index contributed by atoms with van der Waals surface area (Å²) in [5.74, 6) is 0. The van der Waals surface area contributed by atoms with Gasteiger partial charge in [0.05, 0.1) is 6.10 Å². The highest BCUT2D eigenvalue weighted by Gasteiger charge is 2.47. The van der Waals surface area contributed by atoms with Crippen LogP contribution in [0.2, 0.25) is 0 Å². The number of hydrogen-bond donors (Lipinski definition) is 0. The number of ether oxygens (including phenoxy) is 2. The van der Waals surface area contributed by atoms with E-state index in [0.717, 1.165) is 5.06 Å². The molecule has 1 heterocycles. The SMILES string of the molecule is CC(C)OC(=O)OC1CC(C)(C)N([O])C(C)(C)C1. The lowest BCUT2D eigenvalue weighted by molar-refractivity contribution is -0.298. The van der Waals surface area contributed by atoms with E-state index in [2.05, 4.69) is 0 Å². The summed E-state index contributed by atoms with van der Waals surface area (Å²) in [6.07, 6.45) is -0.0780. The fourth-order valence-corrected chi connectivity index (χ4v) is 2.61. The predicted octanol–water partition coefficient (Wildman–Crippen LogP) is 2.92. The van der Waals surface area contributed by atoms with E-state index in [1.807, 2.05) is 27.7 Å². The van der Waals surface area contributed by atoms with Gasteiger partial charge in [-0.3, -0.25) is 0 Å². The Bertz CT molecular complexity index is 294. The molecule has 0 bridgehead atoms. The summed E-state index contributed by atoms with van der Waals surface area (Å²) in [4.78, 5) is 11.5. The summed E-state index contributed by atoms with van der Waals surface area (Å²) in [5.41, 5.74) is -1.07. The van der Waals surface area contributed by atoms with Crippen molar-refractivity contribution >= 4 is 6.16 Å². The third-order valence-corrected chi connectivity index (χ3v) is 3.15. The molecule has 5 nitrogen and oxygen atoms in total. The van der Waals surface area contributed by atoms with Gasteiger partial charge in [-0.25, -0.2) is 4.79 Å². The predicted molar refractivity (Wildman–Crippen MR) is 66.4 cm³/mol. The normalized spacial score (nSPS) is 24.0. The van der Waals surface area contributed by atoms with E-state index in [1.165, 1.54) is 0 Å². The standard InChI is InChI=1S/C13H24NO4/c1-9(2)17-11(15)18-10-7-12(3,4)14(16)13(5,6)8-10/h9-10H,7-8H2,1-6H3. The van der Waals surface area contributed by atoms with Crippen molar-refractivity contribution in [3.05, 3.63) is 0 Å². The van der Waals surface area contributed by atoms with Crippen LogP contribution in [0.5, 0.6) is 0 Å². The molecule has 0 aromatic carbocycles. The van der Waals surface area contributed by atoms with E-state index in [1.54, 1.807) is 13.8 Å². The third-order valence-electron chi connectivity index (χ3n) is 3.15. The molecule has 0 saturated carbocycles. The molecule has 1 rings (SSSR count). The Morgan fingerprint density at radius 1 is 1.17 bits per heavy atom. The van der Waals surface area contributed by atoms with Crippen LogP contribution in [0.3, 0.4) is 0 Å². The lowest BCUT2D eigenvalue weighted by Crippen LogP contribution is -2.60. The minimum atomic E-state index is -0.652. The maximum atomic E-state index is 12.1. The summed E-state index contributed by atoms with van der Waals surface area (Å²) in [7, 11) is 0. The van der Waals surface area contributed by atoms with Gasteiger partial charge in [0.1, 0.15) is 6.10 Å². The van der Waals surface area contributed by atoms with Gasteiger partial charge in [-0.05, 0) is 41.5 Å². The number of piperidine rings is 1. The van der Waals surface area contributed by atoms with E-state index < -0.39 is 17.2 Å². The molecular weight excluding hydrogens is 234 g/mol. The highest BCUT2D eigenvalue weighted by Crippen LogP contribution is 2.38. The van der Waals surface area contributed by atoms with Crippen molar-refractivity contribution in [2.45, 2.75) is 77.7 Å². The maximum absolute atomic E-state index is 12.1. The average molecular weight is 258 g/mol. The Morgan fingerprint density at radius 2 is 1.61 bits per heavy atom. The second kappa shape index (κ2) is 5.05. The van der Waals surface area contributed by atoms with Gasteiger partial charge in [0.25, 0.3) is 0 Å². The topological polar surface area (TPSA) is 58.7 Å². The number of carbonyl (C=O) groups is 1. The molecule has 0 aromatic rings. The molecule has 0 unspecified atom stereocenters. The van der Waals surface area contributed by atoms with Crippen LogP contribution < -0.4 is 0 Å². The number of hydroxylamine groups is 2. The molecule has 0 atom stereocenters. The molecular formula is C13H24NO4. The van der Waals surface area contributed by atoms with Gasteiger partial charge >= 0.3 is 6.16 Å². The zero-order valence-corrected chi connectivity index (χ0v) is 12.1. The van der Waals surface area contributed by atoms with Crippen LogP contribution in [-0.4, -0.2) is 34.5 Å². The number of carbonyl (C=O) groups excluding carboxylic acids is 1. The van der Waals surface area contributed by atoms with Crippen molar-refractivity contribution in [1.82, 2.24) is 5.06 Å². The molecule has 0 aromatic heterocycles. The van der Waals surface area contributed by atoms with Crippen LogP contribution in [0.15, 0.2) is 0 Å². The molecule has 0 N–H and O–H groups in total. The lowest BCUT2D eigenvalue weighted by Gasteiger charge is -2.49. The molecule has 0 spiro atoms. The Morgan fingerprint density at radius 3 is 2.00 bits per heavy atom. The van der Waals surface area contributed by atoms with Gasteiger partial charge in [0, 0.05) is 23.9 Å². The van der Waals surface area contributed by atoms with Gasteiger partial charge in [0.2, 0.25) is 0 Å². The lowest BCUT2D eigenvalue weighted by atomic mass is 9.80. The molecule has 5 heteroatoms. The van der Waals surface area contributed by atoms with E-state index in [0.29, 0.717) is 12.8 Å². The highest BCUT2D eigenvalue weighted by atomic mass is 16.7. The van der Waals surface area contributed by atoms with Crippen LogP contribution in [-0.2, 0) is 14.7 Å². The Hall–Kier alpha value is -0.810. The van der Waals surface area contributed by atoms with Crippen molar-refractivity contribution in [2.24, 2.45) is 0 Å². The highest BCUT2D eigenvalue weighted by molar-refractivity contribution is 5.60. The average Bonchev–Trinajstić information content (AvgIpc) is 2.11. The first kappa shape index (κ1) is 15.2. The summed E-state index contributed by atoms with van der Waals surface area (Å²) < 4.78 is 10.3. The number of nitrogens with zero attached hydrogens (tertiary/aromatic N) is 1. The van der Waals surface area contributed by atoms with Gasteiger partial charge < -0.3 is 9.47 Å². The first-order valence-corrected chi connectivity index (χ1v) is 6.39. The van der Waals surface area contributed by atoms with Crippen molar-refractivity contribution in [3.8, 4) is 0 Å². The summed E-state index contributed by atoms with van der Waals surface area (Å²) >= 11 is 0. The quantitative estimate of drug-likeness (QED) is 0.714. The largest absolute Gasteiger partial charge is 0.508 e. The van der Waals surface area contributed by atoms with E-state index in [-0.39, 0.29) is 12.2 Å². The summed E-state index contributed by atoms with van der Waals surface area (Å²) in [6, 6.07) is 0. The second-order valence-corrected chi connectivity index (χ2v) is 6.48. The molecule has 1 aliphatic rings. The molecule has 1 fully saturated rings. The van der Waals surface area contributed by atoms with Crippen molar-refractivity contribution in [1.29, 1.82) is 0 Å². The van der Waals surface area contributed by atoms with Crippen LogP contribution in [0, 0.1) is 0 Å². The molecule has 105 valence electrons. The monoisotopic (exact) mass is 258 g/mol. The Balaban J connectivity index is 2.67. The Labute approximate surface area is 109 Å². The van der Waals surface area contributed by atoms with Gasteiger partial charge in [-0.15, -0.1) is 10.3 Å². The van der Waals surface area contributed by atoms with Gasteiger partial charge in [0.15, 0.2) is 0 Å². The third kappa shape index (κ3) is 3.59. The molecule has 1 radical (unpaired) electrons. The number of hydrogen-bond acceptors (Lipinski definition) is 4. The van der Waals surface area contributed by atoms with Crippen LogP contribution in [0.4, 0.5) is 4.79 Å². The molecule has 1 saturated heterocycles. The van der Waals surface area contributed by atoms with Crippen molar-refractivity contribution in [2.75, 3.05) is 0 Å². The summed E-state index contributed by atoms with van der Waals surface area (Å²) in [5, 5.41) is 13.2. The molecule has 1 aliphatic heterocycles. The zero-order chi connectivity index (χ0) is 14.1. The second-order valence-electron chi connectivity index (χ2n) is 6.48. The van der Waals surface area contributed by atoms with Crippen LogP contribution in [0.1, 0.15) is 54.4 Å².